The van der Waals surface area contributed by atoms with Crippen molar-refractivity contribution in [2.75, 3.05) is 0 Å². The first-order valence-corrected chi connectivity index (χ1v) is 6.73. The highest BCUT2D eigenvalue weighted by atomic mass is 16.5. The van der Waals surface area contributed by atoms with Crippen LogP contribution in [-0.2, 0) is 4.79 Å². The van der Waals surface area contributed by atoms with Crippen molar-refractivity contribution in [2.24, 2.45) is 0 Å². The van der Waals surface area contributed by atoms with Crippen LogP contribution in [0.2, 0.25) is 0 Å². The topological polar surface area (TPSA) is 58.6 Å². The van der Waals surface area contributed by atoms with E-state index in [0.717, 1.165) is 18.4 Å². The Balaban J connectivity index is 2.06. The van der Waals surface area contributed by atoms with Crippen LogP contribution < -0.4 is 10.1 Å². The lowest BCUT2D eigenvalue weighted by Crippen LogP contribution is -2.37. The first-order valence-electron chi connectivity index (χ1n) is 6.73. The maximum absolute atomic E-state index is 11.8. The van der Waals surface area contributed by atoms with Gasteiger partial charge in [-0.15, -0.1) is 0 Å². The number of hydrogen-bond acceptors (Lipinski definition) is 3. The zero-order chi connectivity index (χ0) is 14.0. The van der Waals surface area contributed by atoms with E-state index >= 15 is 0 Å². The van der Waals surface area contributed by atoms with Crippen molar-refractivity contribution in [1.29, 1.82) is 0 Å². The van der Waals surface area contributed by atoms with Gasteiger partial charge in [-0.05, 0) is 45.7 Å². The number of nitrogens with one attached hydrogen (secondary N) is 1. The van der Waals surface area contributed by atoms with E-state index in [9.17, 15) is 9.90 Å². The van der Waals surface area contributed by atoms with Gasteiger partial charge in [0.25, 0.3) is 5.91 Å². The second-order valence-electron chi connectivity index (χ2n) is 5.26. The number of amides is 1. The van der Waals surface area contributed by atoms with E-state index in [1.807, 2.05) is 19.1 Å². The summed E-state index contributed by atoms with van der Waals surface area (Å²) in [5.41, 5.74) is 1.77. The summed E-state index contributed by atoms with van der Waals surface area (Å²) < 4.78 is 5.68. The Morgan fingerprint density at radius 3 is 2.68 bits per heavy atom. The standard InChI is InChI=1S/C15H21NO3/c1-9-4-7-14(13(8-9)10(2)17)19-11(3)15(18)16-12-5-6-12/h4,7-8,10-12,17H,5-6H2,1-3H3,(H,16,18)/t10-,11?/m0/s1. The molecule has 1 amide bonds. The number of aliphatic hydroxyl groups is 1. The summed E-state index contributed by atoms with van der Waals surface area (Å²) in [6.45, 7) is 5.37. The molecule has 0 aliphatic heterocycles. The van der Waals surface area contributed by atoms with Crippen LogP contribution in [0.1, 0.15) is 43.9 Å². The summed E-state index contributed by atoms with van der Waals surface area (Å²) in [5, 5.41) is 12.7. The lowest BCUT2D eigenvalue weighted by molar-refractivity contribution is -0.127. The van der Waals surface area contributed by atoms with Gasteiger partial charge in [0.2, 0.25) is 0 Å². The van der Waals surface area contributed by atoms with Crippen LogP contribution in [0.25, 0.3) is 0 Å². The Morgan fingerprint density at radius 2 is 2.11 bits per heavy atom. The first kappa shape index (κ1) is 13.9. The number of aliphatic hydroxyl groups excluding tert-OH is 1. The number of benzene rings is 1. The van der Waals surface area contributed by atoms with Crippen LogP contribution in [0, 0.1) is 6.92 Å². The molecule has 4 nitrogen and oxygen atoms in total. The zero-order valence-electron chi connectivity index (χ0n) is 11.6. The van der Waals surface area contributed by atoms with Crippen molar-refractivity contribution in [3.05, 3.63) is 29.3 Å². The second-order valence-corrected chi connectivity index (χ2v) is 5.26. The summed E-state index contributed by atoms with van der Waals surface area (Å²) in [6, 6.07) is 5.92. The molecule has 4 heteroatoms. The van der Waals surface area contributed by atoms with Gasteiger partial charge >= 0.3 is 0 Å². The molecule has 2 N–H and O–H groups in total. The van der Waals surface area contributed by atoms with Crippen molar-refractivity contribution in [2.45, 2.75) is 51.9 Å². The quantitative estimate of drug-likeness (QED) is 0.855. The Hall–Kier alpha value is -1.55. The highest BCUT2D eigenvalue weighted by Crippen LogP contribution is 2.27. The van der Waals surface area contributed by atoms with Gasteiger partial charge in [-0.25, -0.2) is 0 Å². The fourth-order valence-electron chi connectivity index (χ4n) is 1.89. The molecule has 0 radical (unpaired) electrons. The largest absolute Gasteiger partial charge is 0.481 e. The lowest BCUT2D eigenvalue weighted by atomic mass is 10.1. The van der Waals surface area contributed by atoms with Gasteiger partial charge in [-0.1, -0.05) is 11.6 Å². The van der Waals surface area contributed by atoms with E-state index < -0.39 is 12.2 Å². The molecule has 1 aromatic carbocycles. The van der Waals surface area contributed by atoms with Crippen molar-refractivity contribution in [3.63, 3.8) is 0 Å². The van der Waals surface area contributed by atoms with Gasteiger partial charge in [0.15, 0.2) is 6.10 Å². The van der Waals surface area contributed by atoms with Gasteiger partial charge in [-0.2, -0.15) is 0 Å². The van der Waals surface area contributed by atoms with Crippen LogP contribution in [0.4, 0.5) is 0 Å². The Kier molecular flexibility index (Phi) is 4.10. The summed E-state index contributed by atoms with van der Waals surface area (Å²) in [7, 11) is 0. The average molecular weight is 263 g/mol. The van der Waals surface area contributed by atoms with E-state index in [4.69, 9.17) is 4.74 Å². The predicted molar refractivity (Wildman–Crippen MR) is 73.1 cm³/mol. The molecule has 1 saturated carbocycles. The molecular formula is C15H21NO3. The maximum atomic E-state index is 11.8. The summed E-state index contributed by atoms with van der Waals surface area (Å²) in [4.78, 5) is 11.8. The SMILES string of the molecule is Cc1ccc(OC(C)C(=O)NC2CC2)c([C@H](C)O)c1. The number of rotatable bonds is 5. The third kappa shape index (κ3) is 3.70. The number of carbonyl (C=O) groups is 1. The fourth-order valence-corrected chi connectivity index (χ4v) is 1.89. The van der Waals surface area contributed by atoms with Gasteiger partial charge in [-0.3, -0.25) is 4.79 Å². The van der Waals surface area contributed by atoms with E-state index in [1.165, 1.54) is 0 Å². The third-order valence-electron chi connectivity index (χ3n) is 3.21. The third-order valence-corrected chi connectivity index (χ3v) is 3.21. The summed E-state index contributed by atoms with van der Waals surface area (Å²) >= 11 is 0. The van der Waals surface area contributed by atoms with Gasteiger partial charge < -0.3 is 15.2 Å². The number of carbonyl (C=O) groups excluding carboxylic acids is 1. The predicted octanol–water partition coefficient (Wildman–Crippen LogP) is 2.09. The van der Waals surface area contributed by atoms with E-state index in [1.54, 1.807) is 19.9 Å². The molecule has 104 valence electrons. The second kappa shape index (κ2) is 5.61. The molecule has 1 fully saturated rings. The first-order chi connectivity index (χ1) is 8.97. The fraction of sp³-hybridized carbons (Fsp3) is 0.533. The zero-order valence-corrected chi connectivity index (χ0v) is 11.6. The maximum Gasteiger partial charge on any atom is 0.260 e. The van der Waals surface area contributed by atoms with Crippen molar-refractivity contribution >= 4 is 5.91 Å². The lowest BCUT2D eigenvalue weighted by Gasteiger charge is -2.18. The van der Waals surface area contributed by atoms with Crippen LogP contribution >= 0.6 is 0 Å². The van der Waals surface area contributed by atoms with Crippen LogP contribution in [0.5, 0.6) is 5.75 Å². The van der Waals surface area contributed by atoms with Crippen LogP contribution in [0.15, 0.2) is 18.2 Å². The number of ether oxygens (including phenoxy) is 1. The van der Waals surface area contributed by atoms with E-state index in [2.05, 4.69) is 5.32 Å². The molecule has 1 aliphatic rings. The summed E-state index contributed by atoms with van der Waals surface area (Å²) in [5.74, 6) is 0.471. The van der Waals surface area contributed by atoms with Gasteiger partial charge in [0.05, 0.1) is 6.10 Å². The van der Waals surface area contributed by atoms with Gasteiger partial charge in [0.1, 0.15) is 5.75 Å². The average Bonchev–Trinajstić information content (AvgIpc) is 3.14. The molecule has 0 heterocycles. The molecule has 0 bridgehead atoms. The Bertz CT molecular complexity index is 466. The molecule has 2 rings (SSSR count). The molecule has 2 atom stereocenters. The molecule has 19 heavy (non-hydrogen) atoms. The molecule has 0 spiro atoms. The molecule has 1 aromatic rings. The molecule has 1 aliphatic carbocycles. The smallest absolute Gasteiger partial charge is 0.260 e. The van der Waals surface area contributed by atoms with Crippen molar-refractivity contribution in [1.82, 2.24) is 5.32 Å². The Morgan fingerprint density at radius 1 is 1.42 bits per heavy atom. The molecule has 1 unspecified atom stereocenters. The van der Waals surface area contributed by atoms with Gasteiger partial charge in [0, 0.05) is 11.6 Å². The molecular weight excluding hydrogens is 242 g/mol. The number of aryl methyl sites for hydroxylation is 1. The van der Waals surface area contributed by atoms with Crippen LogP contribution in [0.3, 0.4) is 0 Å². The minimum absolute atomic E-state index is 0.0976. The van der Waals surface area contributed by atoms with Crippen LogP contribution in [-0.4, -0.2) is 23.2 Å². The minimum atomic E-state index is -0.617. The highest BCUT2D eigenvalue weighted by Gasteiger charge is 2.26. The Labute approximate surface area is 113 Å². The molecule has 0 saturated heterocycles. The molecule has 0 aromatic heterocycles. The normalized spacial score (nSPS) is 17.7. The minimum Gasteiger partial charge on any atom is -0.481 e. The van der Waals surface area contributed by atoms with E-state index in [-0.39, 0.29) is 5.91 Å². The number of hydrogen-bond donors (Lipinski definition) is 2. The van der Waals surface area contributed by atoms with Crippen molar-refractivity contribution < 1.29 is 14.6 Å². The monoisotopic (exact) mass is 263 g/mol. The highest BCUT2D eigenvalue weighted by molar-refractivity contribution is 5.81. The van der Waals surface area contributed by atoms with Crippen molar-refractivity contribution in [3.8, 4) is 5.75 Å². The van der Waals surface area contributed by atoms with E-state index in [0.29, 0.717) is 17.4 Å². The summed E-state index contributed by atoms with van der Waals surface area (Å²) in [6.07, 6.45) is 0.943.